The zero-order valence-corrected chi connectivity index (χ0v) is 11.7. The van der Waals surface area contributed by atoms with Crippen molar-refractivity contribution < 1.29 is 4.79 Å². The zero-order chi connectivity index (χ0) is 13.4. The number of rotatable bonds is 2. The molecule has 0 bridgehead atoms. The summed E-state index contributed by atoms with van der Waals surface area (Å²) in [5.74, 6) is 0.684. The van der Waals surface area contributed by atoms with Gasteiger partial charge in [0.15, 0.2) is 6.29 Å². The standard InChI is InChI=1S/C18H20O/c1-12-8-10-16(14-5-3-4-6-14)18-13(2)7-9-15(11-19)17(12)18/h7-11,14H,3-6H2,1-2H3. The Bertz CT molecular complexity index is 634. The molecule has 3 rings (SSSR count). The number of fused-ring (bicyclic) bond motifs is 1. The molecule has 1 aliphatic carbocycles. The van der Waals surface area contributed by atoms with Crippen LogP contribution in [0.5, 0.6) is 0 Å². The van der Waals surface area contributed by atoms with E-state index in [-0.39, 0.29) is 0 Å². The second kappa shape index (κ2) is 4.80. The number of benzene rings is 2. The van der Waals surface area contributed by atoms with Crippen molar-refractivity contribution >= 4 is 17.1 Å². The quantitative estimate of drug-likeness (QED) is 0.693. The van der Waals surface area contributed by atoms with Crippen molar-refractivity contribution in [1.82, 2.24) is 0 Å². The summed E-state index contributed by atoms with van der Waals surface area (Å²) in [5.41, 5.74) is 4.80. The minimum Gasteiger partial charge on any atom is -0.298 e. The highest BCUT2D eigenvalue weighted by Crippen LogP contribution is 2.40. The lowest BCUT2D eigenvalue weighted by atomic mass is 9.87. The summed E-state index contributed by atoms with van der Waals surface area (Å²) in [5, 5.41) is 2.50. The molecule has 0 heterocycles. The Morgan fingerprint density at radius 2 is 1.58 bits per heavy atom. The zero-order valence-electron chi connectivity index (χ0n) is 11.7. The predicted octanol–water partition coefficient (Wildman–Crippen LogP) is 4.93. The van der Waals surface area contributed by atoms with Crippen LogP contribution in [0.1, 0.15) is 58.6 Å². The van der Waals surface area contributed by atoms with Gasteiger partial charge < -0.3 is 0 Å². The molecule has 1 heteroatoms. The Hall–Kier alpha value is -1.63. The highest BCUT2D eigenvalue weighted by atomic mass is 16.1. The second-order valence-electron chi connectivity index (χ2n) is 5.79. The van der Waals surface area contributed by atoms with Gasteiger partial charge in [0.05, 0.1) is 0 Å². The first-order chi connectivity index (χ1) is 9.22. The summed E-state index contributed by atoms with van der Waals surface area (Å²) >= 11 is 0. The van der Waals surface area contributed by atoms with Crippen molar-refractivity contribution in [1.29, 1.82) is 0 Å². The van der Waals surface area contributed by atoms with Gasteiger partial charge in [-0.2, -0.15) is 0 Å². The van der Waals surface area contributed by atoms with Gasteiger partial charge in [-0.1, -0.05) is 37.1 Å². The summed E-state index contributed by atoms with van der Waals surface area (Å²) in [6, 6.07) is 8.51. The van der Waals surface area contributed by atoms with E-state index in [4.69, 9.17) is 0 Å². The molecule has 2 aromatic carbocycles. The highest BCUT2D eigenvalue weighted by molar-refractivity contribution is 6.03. The fourth-order valence-corrected chi connectivity index (χ4v) is 3.58. The molecule has 0 N–H and O–H groups in total. The van der Waals surface area contributed by atoms with Gasteiger partial charge in [0.1, 0.15) is 0 Å². The number of hydrogen-bond donors (Lipinski definition) is 0. The van der Waals surface area contributed by atoms with Crippen molar-refractivity contribution in [2.45, 2.75) is 45.4 Å². The van der Waals surface area contributed by atoms with Crippen molar-refractivity contribution in [3.8, 4) is 0 Å². The first kappa shape index (κ1) is 12.4. The average Bonchev–Trinajstić information content (AvgIpc) is 2.94. The number of aldehydes is 1. The molecule has 19 heavy (non-hydrogen) atoms. The third kappa shape index (κ3) is 1.98. The maximum atomic E-state index is 11.3. The first-order valence-electron chi connectivity index (χ1n) is 7.20. The van der Waals surface area contributed by atoms with E-state index in [1.807, 2.05) is 6.07 Å². The second-order valence-corrected chi connectivity index (χ2v) is 5.79. The van der Waals surface area contributed by atoms with E-state index in [2.05, 4.69) is 32.0 Å². The molecule has 0 spiro atoms. The molecule has 0 amide bonds. The number of aryl methyl sites for hydroxylation is 2. The third-order valence-corrected chi connectivity index (χ3v) is 4.56. The molecule has 0 atom stereocenters. The number of carbonyl (C=O) groups excluding carboxylic acids is 1. The van der Waals surface area contributed by atoms with Crippen LogP contribution in [-0.4, -0.2) is 6.29 Å². The Kier molecular flexibility index (Phi) is 3.14. The SMILES string of the molecule is Cc1ccc(C2CCCC2)c2c(C)ccc(C=O)c12. The maximum absolute atomic E-state index is 11.3. The van der Waals surface area contributed by atoms with E-state index in [9.17, 15) is 4.79 Å². The average molecular weight is 252 g/mol. The molecule has 0 aromatic heterocycles. The molecule has 1 aliphatic rings. The van der Waals surface area contributed by atoms with Crippen LogP contribution in [0.3, 0.4) is 0 Å². The largest absolute Gasteiger partial charge is 0.298 e. The van der Waals surface area contributed by atoms with Crippen LogP contribution < -0.4 is 0 Å². The van der Waals surface area contributed by atoms with E-state index in [1.165, 1.54) is 53.1 Å². The van der Waals surface area contributed by atoms with E-state index in [0.29, 0.717) is 5.92 Å². The van der Waals surface area contributed by atoms with Gasteiger partial charge in [-0.05, 0) is 60.1 Å². The maximum Gasteiger partial charge on any atom is 0.150 e. The molecular formula is C18H20O. The lowest BCUT2D eigenvalue weighted by molar-refractivity contribution is 0.112. The molecule has 98 valence electrons. The monoisotopic (exact) mass is 252 g/mol. The highest BCUT2D eigenvalue weighted by Gasteiger charge is 2.21. The van der Waals surface area contributed by atoms with Gasteiger partial charge in [0.2, 0.25) is 0 Å². The van der Waals surface area contributed by atoms with Crippen molar-refractivity contribution in [3.05, 3.63) is 46.5 Å². The van der Waals surface area contributed by atoms with E-state index < -0.39 is 0 Å². The molecule has 2 aromatic rings. The van der Waals surface area contributed by atoms with Crippen LogP contribution in [0.15, 0.2) is 24.3 Å². The first-order valence-corrected chi connectivity index (χ1v) is 7.20. The van der Waals surface area contributed by atoms with Crippen LogP contribution >= 0.6 is 0 Å². The minimum absolute atomic E-state index is 0.684. The molecule has 1 fully saturated rings. The normalized spacial score (nSPS) is 16.1. The van der Waals surface area contributed by atoms with Crippen LogP contribution in [0.25, 0.3) is 10.8 Å². The van der Waals surface area contributed by atoms with Gasteiger partial charge in [-0.15, -0.1) is 0 Å². The van der Waals surface area contributed by atoms with E-state index >= 15 is 0 Å². The molecule has 0 radical (unpaired) electrons. The van der Waals surface area contributed by atoms with Crippen LogP contribution in [0, 0.1) is 13.8 Å². The lowest BCUT2D eigenvalue weighted by Gasteiger charge is -2.17. The molecule has 0 saturated heterocycles. The Morgan fingerprint density at radius 1 is 0.947 bits per heavy atom. The van der Waals surface area contributed by atoms with Crippen molar-refractivity contribution in [2.24, 2.45) is 0 Å². The number of carbonyl (C=O) groups is 1. The summed E-state index contributed by atoms with van der Waals surface area (Å²) in [6.07, 6.45) is 6.26. The fourth-order valence-electron chi connectivity index (χ4n) is 3.58. The van der Waals surface area contributed by atoms with E-state index in [0.717, 1.165) is 11.8 Å². The summed E-state index contributed by atoms with van der Waals surface area (Å²) in [6.45, 7) is 4.27. The summed E-state index contributed by atoms with van der Waals surface area (Å²) in [4.78, 5) is 11.3. The summed E-state index contributed by atoms with van der Waals surface area (Å²) in [7, 11) is 0. The summed E-state index contributed by atoms with van der Waals surface area (Å²) < 4.78 is 0. The molecular weight excluding hydrogens is 232 g/mol. The molecule has 0 aliphatic heterocycles. The van der Waals surface area contributed by atoms with Crippen LogP contribution in [-0.2, 0) is 0 Å². The van der Waals surface area contributed by atoms with E-state index in [1.54, 1.807) is 0 Å². The number of hydrogen-bond acceptors (Lipinski definition) is 1. The Morgan fingerprint density at radius 3 is 2.26 bits per heavy atom. The van der Waals surface area contributed by atoms with Gasteiger partial charge in [0.25, 0.3) is 0 Å². The fraction of sp³-hybridized carbons (Fsp3) is 0.389. The van der Waals surface area contributed by atoms with Gasteiger partial charge >= 0.3 is 0 Å². The van der Waals surface area contributed by atoms with Crippen molar-refractivity contribution in [3.63, 3.8) is 0 Å². The van der Waals surface area contributed by atoms with Gasteiger partial charge in [-0.3, -0.25) is 4.79 Å². The van der Waals surface area contributed by atoms with Crippen LogP contribution in [0.4, 0.5) is 0 Å². The van der Waals surface area contributed by atoms with Crippen LogP contribution in [0.2, 0.25) is 0 Å². The molecule has 0 unspecified atom stereocenters. The third-order valence-electron chi connectivity index (χ3n) is 4.56. The predicted molar refractivity (Wildman–Crippen MR) is 80.0 cm³/mol. The minimum atomic E-state index is 0.684. The van der Waals surface area contributed by atoms with Gasteiger partial charge in [-0.25, -0.2) is 0 Å². The smallest absolute Gasteiger partial charge is 0.150 e. The van der Waals surface area contributed by atoms with Gasteiger partial charge in [0, 0.05) is 5.56 Å². The molecule has 1 saturated carbocycles. The Balaban J connectivity index is 2.35. The lowest BCUT2D eigenvalue weighted by Crippen LogP contribution is -1.99. The topological polar surface area (TPSA) is 17.1 Å². The van der Waals surface area contributed by atoms with Crippen molar-refractivity contribution in [2.75, 3.05) is 0 Å². The molecule has 1 nitrogen and oxygen atoms in total. The Labute approximate surface area is 114 Å².